The standard InChI is InChI=1S/C6H8N4O3/c7-5-4(10-3(12)1-11)6(13)9-2-8-5/h2,11H,1H2,(H,10,12)(H3,7,8,9,13). The molecule has 5 N–H and O–H groups in total. The maximum Gasteiger partial charge on any atom is 0.276 e. The molecule has 0 bridgehead atoms. The van der Waals surface area contributed by atoms with Crippen molar-refractivity contribution in [1.82, 2.24) is 9.97 Å². The van der Waals surface area contributed by atoms with Crippen LogP contribution in [-0.2, 0) is 4.79 Å². The SMILES string of the molecule is Nc1nc[nH]c(=O)c1NC(=O)CO. The van der Waals surface area contributed by atoms with Crippen molar-refractivity contribution in [3.05, 3.63) is 16.7 Å². The second-order valence-electron chi connectivity index (χ2n) is 2.20. The van der Waals surface area contributed by atoms with Gasteiger partial charge in [0.05, 0.1) is 6.33 Å². The van der Waals surface area contributed by atoms with Crippen LogP contribution in [0.2, 0.25) is 0 Å². The van der Waals surface area contributed by atoms with Crippen LogP contribution >= 0.6 is 0 Å². The van der Waals surface area contributed by atoms with E-state index in [0.717, 1.165) is 6.33 Å². The molecule has 0 unspecified atom stereocenters. The molecule has 0 aliphatic carbocycles. The number of hydrogen-bond acceptors (Lipinski definition) is 5. The van der Waals surface area contributed by atoms with E-state index in [4.69, 9.17) is 10.8 Å². The molecule has 1 heterocycles. The van der Waals surface area contributed by atoms with Crippen molar-refractivity contribution < 1.29 is 9.90 Å². The number of amides is 1. The molecule has 0 aromatic carbocycles. The number of anilines is 2. The van der Waals surface area contributed by atoms with Crippen molar-refractivity contribution in [2.45, 2.75) is 0 Å². The number of carbonyl (C=O) groups is 1. The number of hydrogen-bond donors (Lipinski definition) is 4. The van der Waals surface area contributed by atoms with Gasteiger partial charge in [-0.15, -0.1) is 0 Å². The molecule has 7 heteroatoms. The van der Waals surface area contributed by atoms with Gasteiger partial charge in [0.2, 0.25) is 5.91 Å². The van der Waals surface area contributed by atoms with E-state index in [1.165, 1.54) is 0 Å². The maximum atomic E-state index is 11.0. The summed E-state index contributed by atoms with van der Waals surface area (Å²) >= 11 is 0. The molecule has 0 aliphatic heterocycles. The van der Waals surface area contributed by atoms with Gasteiger partial charge in [0.25, 0.3) is 5.56 Å². The van der Waals surface area contributed by atoms with Crippen LogP contribution in [0.25, 0.3) is 0 Å². The van der Waals surface area contributed by atoms with Crippen molar-refractivity contribution in [1.29, 1.82) is 0 Å². The Morgan fingerprint density at radius 2 is 2.46 bits per heavy atom. The summed E-state index contributed by atoms with van der Waals surface area (Å²) in [4.78, 5) is 27.5. The number of carbonyl (C=O) groups excluding carboxylic acids is 1. The lowest BCUT2D eigenvalue weighted by molar-refractivity contribution is -0.118. The lowest BCUT2D eigenvalue weighted by Crippen LogP contribution is -2.23. The van der Waals surface area contributed by atoms with Crippen molar-refractivity contribution in [3.8, 4) is 0 Å². The number of nitrogens with one attached hydrogen (secondary N) is 2. The first-order valence-corrected chi connectivity index (χ1v) is 3.39. The molecule has 0 aliphatic rings. The second kappa shape index (κ2) is 3.68. The lowest BCUT2D eigenvalue weighted by atomic mass is 10.4. The summed E-state index contributed by atoms with van der Waals surface area (Å²) < 4.78 is 0. The fraction of sp³-hybridized carbons (Fsp3) is 0.167. The number of aromatic nitrogens is 2. The average molecular weight is 184 g/mol. The third-order valence-corrected chi connectivity index (χ3v) is 1.29. The molecule has 0 spiro atoms. The first-order valence-electron chi connectivity index (χ1n) is 3.39. The van der Waals surface area contributed by atoms with Crippen LogP contribution < -0.4 is 16.6 Å². The molecule has 0 radical (unpaired) electrons. The van der Waals surface area contributed by atoms with Crippen molar-refractivity contribution in [2.24, 2.45) is 0 Å². The largest absolute Gasteiger partial charge is 0.387 e. The monoisotopic (exact) mass is 184 g/mol. The number of nitrogens with two attached hydrogens (primary N) is 1. The Kier molecular flexibility index (Phi) is 2.60. The van der Waals surface area contributed by atoms with Crippen LogP contribution in [0.4, 0.5) is 11.5 Å². The molecule has 7 nitrogen and oxygen atoms in total. The van der Waals surface area contributed by atoms with Gasteiger partial charge in [-0.25, -0.2) is 4.98 Å². The minimum absolute atomic E-state index is 0.0921. The molecule has 1 aromatic rings. The Morgan fingerprint density at radius 3 is 3.00 bits per heavy atom. The predicted molar refractivity (Wildman–Crippen MR) is 45.0 cm³/mol. The summed E-state index contributed by atoms with van der Waals surface area (Å²) in [7, 11) is 0. The van der Waals surface area contributed by atoms with E-state index in [9.17, 15) is 9.59 Å². The minimum Gasteiger partial charge on any atom is -0.387 e. The minimum atomic E-state index is -0.717. The molecule has 0 atom stereocenters. The highest BCUT2D eigenvalue weighted by Crippen LogP contribution is 2.05. The van der Waals surface area contributed by atoms with Crippen molar-refractivity contribution in [2.75, 3.05) is 17.7 Å². The fourth-order valence-electron chi connectivity index (χ4n) is 0.713. The zero-order valence-electron chi connectivity index (χ0n) is 6.57. The molecule has 1 rings (SSSR count). The van der Waals surface area contributed by atoms with Gasteiger partial charge in [0.15, 0.2) is 5.82 Å². The van der Waals surface area contributed by atoms with Gasteiger partial charge >= 0.3 is 0 Å². The predicted octanol–water partition coefficient (Wildman–Crippen LogP) is -1.72. The Balaban J connectivity index is 3.00. The van der Waals surface area contributed by atoms with E-state index in [1.807, 2.05) is 0 Å². The summed E-state index contributed by atoms with van der Waals surface area (Å²) in [6.45, 7) is -0.715. The quantitative estimate of drug-likeness (QED) is 0.435. The molecule has 1 amide bonds. The third-order valence-electron chi connectivity index (χ3n) is 1.29. The van der Waals surface area contributed by atoms with Gasteiger partial charge in [0.1, 0.15) is 12.3 Å². The molecule has 70 valence electrons. The number of H-pyrrole nitrogens is 1. The molecule has 13 heavy (non-hydrogen) atoms. The molecule has 0 saturated heterocycles. The summed E-state index contributed by atoms with van der Waals surface area (Å²) in [5, 5.41) is 10.5. The van der Waals surface area contributed by atoms with Crippen LogP contribution in [0.3, 0.4) is 0 Å². The number of nitrogens with zero attached hydrogens (tertiary/aromatic N) is 1. The second-order valence-corrected chi connectivity index (χ2v) is 2.20. The number of aromatic amines is 1. The van der Waals surface area contributed by atoms with Crippen molar-refractivity contribution in [3.63, 3.8) is 0 Å². The summed E-state index contributed by atoms with van der Waals surface area (Å²) in [6.07, 6.45) is 1.12. The Labute approximate surface area is 72.6 Å². The number of aliphatic hydroxyl groups is 1. The van der Waals surface area contributed by atoms with E-state index in [2.05, 4.69) is 15.3 Å². The molecular weight excluding hydrogens is 176 g/mol. The van der Waals surface area contributed by atoms with Crippen LogP contribution in [-0.4, -0.2) is 27.6 Å². The highest BCUT2D eigenvalue weighted by molar-refractivity contribution is 5.93. The van der Waals surface area contributed by atoms with E-state index >= 15 is 0 Å². The Hall–Kier alpha value is -1.89. The van der Waals surface area contributed by atoms with E-state index in [0.29, 0.717) is 0 Å². The van der Waals surface area contributed by atoms with Gasteiger partial charge < -0.3 is 21.1 Å². The highest BCUT2D eigenvalue weighted by Gasteiger charge is 2.08. The highest BCUT2D eigenvalue weighted by atomic mass is 16.3. The van der Waals surface area contributed by atoms with E-state index in [1.54, 1.807) is 0 Å². The van der Waals surface area contributed by atoms with Gasteiger partial charge in [-0.05, 0) is 0 Å². The van der Waals surface area contributed by atoms with Crippen molar-refractivity contribution >= 4 is 17.4 Å². The smallest absolute Gasteiger partial charge is 0.276 e. The van der Waals surface area contributed by atoms with E-state index < -0.39 is 18.1 Å². The number of rotatable bonds is 2. The number of aliphatic hydroxyl groups excluding tert-OH is 1. The maximum absolute atomic E-state index is 11.0. The Morgan fingerprint density at radius 1 is 1.77 bits per heavy atom. The molecule has 0 fully saturated rings. The van der Waals surface area contributed by atoms with E-state index in [-0.39, 0.29) is 11.5 Å². The summed E-state index contributed by atoms with van der Waals surface area (Å²) in [6, 6.07) is 0. The molecular formula is C6H8N4O3. The fourth-order valence-corrected chi connectivity index (χ4v) is 0.713. The third kappa shape index (κ3) is 2.03. The van der Waals surface area contributed by atoms with Gasteiger partial charge in [-0.1, -0.05) is 0 Å². The zero-order chi connectivity index (χ0) is 9.84. The van der Waals surface area contributed by atoms with Crippen LogP contribution in [0.1, 0.15) is 0 Å². The van der Waals surface area contributed by atoms with Crippen LogP contribution in [0.15, 0.2) is 11.1 Å². The number of nitrogen functional groups attached to an aromatic ring is 1. The first-order chi connectivity index (χ1) is 6.15. The summed E-state index contributed by atoms with van der Waals surface area (Å²) in [5.41, 5.74) is 4.58. The van der Waals surface area contributed by atoms with Gasteiger partial charge in [-0.2, -0.15) is 0 Å². The zero-order valence-corrected chi connectivity index (χ0v) is 6.57. The van der Waals surface area contributed by atoms with Gasteiger partial charge in [-0.3, -0.25) is 9.59 Å². The lowest BCUT2D eigenvalue weighted by Gasteiger charge is -2.02. The van der Waals surface area contributed by atoms with Gasteiger partial charge in [0, 0.05) is 0 Å². The molecule has 0 saturated carbocycles. The topological polar surface area (TPSA) is 121 Å². The van der Waals surface area contributed by atoms with Crippen LogP contribution in [0, 0.1) is 0 Å². The first kappa shape index (κ1) is 9.20. The Bertz CT molecular complexity index is 372. The summed E-state index contributed by atoms with van der Waals surface area (Å²) in [5.74, 6) is -0.809. The average Bonchev–Trinajstić information content (AvgIpc) is 2.11. The molecule has 1 aromatic heterocycles. The van der Waals surface area contributed by atoms with Crippen LogP contribution in [0.5, 0.6) is 0 Å². The normalized spacial score (nSPS) is 9.62.